The van der Waals surface area contributed by atoms with Gasteiger partial charge in [0.25, 0.3) is 0 Å². The van der Waals surface area contributed by atoms with Crippen LogP contribution in [0, 0.1) is 23.3 Å². The van der Waals surface area contributed by atoms with Gasteiger partial charge < -0.3 is 4.74 Å². The standard InChI is InChI=1S/C21H14F6O/c1-2-12-3-5-13(6-4-12)14-9-18(24)20(19(25)10-14)28-21(26,27)15-7-8-16(22)17(23)11-15/h3-11H,2H2,1H3. The number of hydrogen-bond acceptors (Lipinski definition) is 1. The molecule has 0 aromatic heterocycles. The molecule has 1 nitrogen and oxygen atoms in total. The molecular formula is C21H14F6O. The average molecular weight is 396 g/mol. The van der Waals surface area contributed by atoms with E-state index in [4.69, 9.17) is 0 Å². The number of benzene rings is 3. The van der Waals surface area contributed by atoms with Gasteiger partial charge in [0.15, 0.2) is 29.0 Å². The number of rotatable bonds is 5. The predicted molar refractivity (Wildman–Crippen MR) is 92.1 cm³/mol. The van der Waals surface area contributed by atoms with E-state index in [-0.39, 0.29) is 11.6 Å². The van der Waals surface area contributed by atoms with Crippen molar-refractivity contribution in [3.05, 3.63) is 89.0 Å². The maximum Gasteiger partial charge on any atom is 0.427 e. The van der Waals surface area contributed by atoms with Crippen LogP contribution in [0.3, 0.4) is 0 Å². The zero-order valence-corrected chi connectivity index (χ0v) is 14.6. The third-order valence-electron chi connectivity index (χ3n) is 4.18. The second-order valence-electron chi connectivity index (χ2n) is 6.07. The molecule has 0 aliphatic heterocycles. The minimum atomic E-state index is -4.28. The Morgan fingerprint density at radius 2 is 1.32 bits per heavy atom. The van der Waals surface area contributed by atoms with Crippen molar-refractivity contribution < 1.29 is 31.1 Å². The Morgan fingerprint density at radius 3 is 1.86 bits per heavy atom. The summed E-state index contributed by atoms with van der Waals surface area (Å²) in [5.74, 6) is -6.89. The number of halogens is 6. The van der Waals surface area contributed by atoms with E-state index < -0.39 is 40.7 Å². The van der Waals surface area contributed by atoms with Crippen molar-refractivity contribution in [3.63, 3.8) is 0 Å². The molecule has 28 heavy (non-hydrogen) atoms. The molecule has 0 spiro atoms. The van der Waals surface area contributed by atoms with Crippen molar-refractivity contribution in [2.45, 2.75) is 19.5 Å². The van der Waals surface area contributed by atoms with Crippen molar-refractivity contribution >= 4 is 0 Å². The fourth-order valence-electron chi connectivity index (χ4n) is 2.62. The highest BCUT2D eigenvalue weighted by molar-refractivity contribution is 5.65. The fourth-order valence-corrected chi connectivity index (χ4v) is 2.62. The van der Waals surface area contributed by atoms with Gasteiger partial charge in [-0.15, -0.1) is 0 Å². The summed E-state index contributed by atoms with van der Waals surface area (Å²) >= 11 is 0. The zero-order chi connectivity index (χ0) is 20.5. The van der Waals surface area contributed by atoms with Gasteiger partial charge in [-0.3, -0.25) is 0 Å². The summed E-state index contributed by atoms with van der Waals surface area (Å²) in [5.41, 5.74) is 0.579. The van der Waals surface area contributed by atoms with Crippen LogP contribution in [0.15, 0.2) is 54.6 Å². The first kappa shape index (κ1) is 19.8. The van der Waals surface area contributed by atoms with E-state index in [0.717, 1.165) is 24.1 Å². The molecule has 0 saturated heterocycles. The van der Waals surface area contributed by atoms with E-state index in [1.54, 1.807) is 24.3 Å². The first-order valence-electron chi connectivity index (χ1n) is 8.32. The second-order valence-corrected chi connectivity index (χ2v) is 6.07. The highest BCUT2D eigenvalue weighted by Crippen LogP contribution is 2.36. The Morgan fingerprint density at radius 1 is 0.714 bits per heavy atom. The van der Waals surface area contributed by atoms with Crippen LogP contribution in [0.25, 0.3) is 11.1 Å². The Bertz CT molecular complexity index is 975. The Kier molecular flexibility index (Phi) is 5.36. The van der Waals surface area contributed by atoms with Gasteiger partial charge >= 0.3 is 6.11 Å². The smallest absolute Gasteiger partial charge is 0.423 e. The molecule has 7 heteroatoms. The van der Waals surface area contributed by atoms with Crippen LogP contribution < -0.4 is 4.74 Å². The lowest BCUT2D eigenvalue weighted by molar-refractivity contribution is -0.188. The van der Waals surface area contributed by atoms with Crippen molar-refractivity contribution in [1.82, 2.24) is 0 Å². The molecule has 0 bridgehead atoms. The van der Waals surface area contributed by atoms with Gasteiger partial charge in [0, 0.05) is 0 Å². The lowest BCUT2D eigenvalue weighted by Crippen LogP contribution is -2.23. The molecule has 0 atom stereocenters. The van der Waals surface area contributed by atoms with E-state index in [9.17, 15) is 26.3 Å². The van der Waals surface area contributed by atoms with Gasteiger partial charge in [-0.2, -0.15) is 8.78 Å². The predicted octanol–water partition coefficient (Wildman–Crippen LogP) is 6.60. The second kappa shape index (κ2) is 7.58. The maximum atomic E-state index is 14.3. The average Bonchev–Trinajstić information content (AvgIpc) is 2.66. The maximum absolute atomic E-state index is 14.3. The molecular weight excluding hydrogens is 382 g/mol. The SMILES string of the molecule is CCc1ccc(-c2cc(F)c(OC(F)(F)c3ccc(F)c(F)c3)c(F)c2)cc1. The fraction of sp³-hybridized carbons (Fsp3) is 0.143. The van der Waals surface area contributed by atoms with Crippen molar-refractivity contribution in [1.29, 1.82) is 0 Å². The molecule has 0 aliphatic carbocycles. The lowest BCUT2D eigenvalue weighted by Gasteiger charge is -2.19. The molecule has 0 N–H and O–H groups in total. The molecule has 3 aromatic carbocycles. The van der Waals surface area contributed by atoms with Gasteiger partial charge in [0.05, 0.1) is 5.56 Å². The third kappa shape index (κ3) is 3.98. The van der Waals surface area contributed by atoms with E-state index in [2.05, 4.69) is 4.74 Å². The van der Waals surface area contributed by atoms with E-state index >= 15 is 0 Å². The van der Waals surface area contributed by atoms with Crippen LogP contribution in [-0.4, -0.2) is 0 Å². The van der Waals surface area contributed by atoms with Gasteiger partial charge in [-0.05, 0) is 53.4 Å². The Labute approximate surface area is 157 Å². The summed E-state index contributed by atoms with van der Waals surface area (Å²) in [6, 6.07) is 9.85. The number of aryl methyl sites for hydroxylation is 1. The molecule has 0 fully saturated rings. The first-order valence-corrected chi connectivity index (χ1v) is 8.32. The van der Waals surface area contributed by atoms with Crippen molar-refractivity contribution in [3.8, 4) is 16.9 Å². The summed E-state index contributed by atoms with van der Waals surface area (Å²) in [5, 5.41) is 0. The Balaban J connectivity index is 1.92. The molecule has 3 rings (SSSR count). The summed E-state index contributed by atoms with van der Waals surface area (Å²) in [7, 11) is 0. The van der Waals surface area contributed by atoms with Gasteiger partial charge in [-0.25, -0.2) is 17.6 Å². The molecule has 0 heterocycles. The topological polar surface area (TPSA) is 9.23 Å². The van der Waals surface area contributed by atoms with E-state index in [1.807, 2.05) is 6.92 Å². The van der Waals surface area contributed by atoms with Crippen molar-refractivity contribution in [2.24, 2.45) is 0 Å². The lowest BCUT2D eigenvalue weighted by atomic mass is 10.0. The summed E-state index contributed by atoms with van der Waals surface area (Å²) in [6.07, 6.45) is -3.49. The van der Waals surface area contributed by atoms with Crippen LogP contribution in [-0.2, 0) is 12.5 Å². The van der Waals surface area contributed by atoms with Crippen molar-refractivity contribution in [2.75, 3.05) is 0 Å². The summed E-state index contributed by atoms with van der Waals surface area (Å²) in [4.78, 5) is 0. The van der Waals surface area contributed by atoms with Crippen LogP contribution in [0.1, 0.15) is 18.1 Å². The number of alkyl halides is 2. The molecule has 146 valence electrons. The molecule has 0 radical (unpaired) electrons. The highest BCUT2D eigenvalue weighted by Gasteiger charge is 2.37. The van der Waals surface area contributed by atoms with Crippen LogP contribution in [0.4, 0.5) is 26.3 Å². The molecule has 0 unspecified atom stereocenters. The van der Waals surface area contributed by atoms with Gasteiger partial charge in [0.2, 0.25) is 0 Å². The Hall–Kier alpha value is -2.96. The molecule has 0 aliphatic rings. The van der Waals surface area contributed by atoms with Crippen LogP contribution >= 0.6 is 0 Å². The zero-order valence-electron chi connectivity index (χ0n) is 14.6. The molecule has 3 aromatic rings. The third-order valence-corrected chi connectivity index (χ3v) is 4.18. The number of hydrogen-bond donors (Lipinski definition) is 0. The number of ether oxygens (including phenoxy) is 1. The summed E-state index contributed by atoms with van der Waals surface area (Å²) < 4.78 is 87.3. The quantitative estimate of drug-likeness (QED) is 0.442. The molecule has 0 saturated carbocycles. The van der Waals surface area contributed by atoms with E-state index in [1.165, 1.54) is 0 Å². The minimum absolute atomic E-state index is 0.140. The van der Waals surface area contributed by atoms with Crippen LogP contribution in [0.5, 0.6) is 5.75 Å². The van der Waals surface area contributed by atoms with Gasteiger partial charge in [-0.1, -0.05) is 31.2 Å². The summed E-state index contributed by atoms with van der Waals surface area (Å²) in [6.45, 7) is 1.95. The largest absolute Gasteiger partial charge is 0.427 e. The van der Waals surface area contributed by atoms with Crippen LogP contribution in [0.2, 0.25) is 0 Å². The van der Waals surface area contributed by atoms with E-state index in [0.29, 0.717) is 17.7 Å². The molecule has 0 amide bonds. The van der Waals surface area contributed by atoms with Gasteiger partial charge in [0.1, 0.15) is 0 Å². The highest BCUT2D eigenvalue weighted by atomic mass is 19.3. The minimum Gasteiger partial charge on any atom is -0.423 e. The monoisotopic (exact) mass is 396 g/mol. The normalized spacial score (nSPS) is 11.5. The first-order chi connectivity index (χ1) is 13.2.